The molecule has 154 valence electrons. The summed E-state index contributed by atoms with van der Waals surface area (Å²) in [6.07, 6.45) is 4.55. The molecule has 0 amide bonds. The normalized spacial score (nSPS) is 11.8. The number of aromatic nitrogens is 4. The lowest BCUT2D eigenvalue weighted by atomic mass is 10.2. The monoisotopic (exact) mass is 395 g/mol. The molecule has 0 radical (unpaired) electrons. The Kier molecular flexibility index (Phi) is 6.99. The highest BCUT2D eigenvalue weighted by Gasteiger charge is 2.11. The van der Waals surface area contributed by atoms with Crippen LogP contribution < -0.4 is 5.32 Å². The third kappa shape index (κ3) is 5.66. The first-order valence-electron chi connectivity index (χ1n) is 9.97. The summed E-state index contributed by atoms with van der Waals surface area (Å²) in [4.78, 5) is 11.2. The van der Waals surface area contributed by atoms with Crippen LogP contribution in [0.2, 0.25) is 0 Å². The SMILES string of the molecule is CCNC(=NCCc1nc(C(C)C)no1)N(C)Cc1cnn(-c2ccccc2)c1. The van der Waals surface area contributed by atoms with Gasteiger partial charge in [-0.3, -0.25) is 4.99 Å². The summed E-state index contributed by atoms with van der Waals surface area (Å²) in [5.41, 5.74) is 2.16. The molecule has 0 saturated carbocycles. The molecule has 29 heavy (non-hydrogen) atoms. The molecule has 0 saturated heterocycles. The van der Waals surface area contributed by atoms with Crippen LogP contribution in [0.1, 0.15) is 44.0 Å². The van der Waals surface area contributed by atoms with Gasteiger partial charge in [-0.1, -0.05) is 37.2 Å². The summed E-state index contributed by atoms with van der Waals surface area (Å²) in [5, 5.41) is 11.8. The van der Waals surface area contributed by atoms with E-state index in [4.69, 9.17) is 9.52 Å². The van der Waals surface area contributed by atoms with E-state index >= 15 is 0 Å². The maximum Gasteiger partial charge on any atom is 0.228 e. The second kappa shape index (κ2) is 9.86. The van der Waals surface area contributed by atoms with Crippen molar-refractivity contribution < 1.29 is 4.52 Å². The molecule has 3 rings (SSSR count). The van der Waals surface area contributed by atoms with Crippen molar-refractivity contribution in [1.29, 1.82) is 0 Å². The van der Waals surface area contributed by atoms with Crippen molar-refractivity contribution in [3.05, 3.63) is 60.0 Å². The second-order valence-electron chi connectivity index (χ2n) is 7.17. The highest BCUT2D eigenvalue weighted by atomic mass is 16.5. The Morgan fingerprint density at radius 3 is 2.76 bits per heavy atom. The minimum Gasteiger partial charge on any atom is -0.357 e. The summed E-state index contributed by atoms with van der Waals surface area (Å²) in [6.45, 7) is 8.23. The maximum atomic E-state index is 5.29. The third-order valence-corrected chi connectivity index (χ3v) is 4.36. The molecule has 1 N–H and O–H groups in total. The minimum absolute atomic E-state index is 0.260. The summed E-state index contributed by atoms with van der Waals surface area (Å²) < 4.78 is 7.18. The van der Waals surface area contributed by atoms with Crippen molar-refractivity contribution >= 4 is 5.96 Å². The predicted molar refractivity (Wildman–Crippen MR) is 113 cm³/mol. The molecule has 0 aliphatic heterocycles. The average molecular weight is 396 g/mol. The number of aliphatic imine (C=N–C) groups is 1. The summed E-state index contributed by atoms with van der Waals surface area (Å²) in [7, 11) is 2.02. The van der Waals surface area contributed by atoms with Crippen LogP contribution in [0.5, 0.6) is 0 Å². The van der Waals surface area contributed by atoms with E-state index in [0.717, 1.165) is 29.6 Å². The number of hydrogen-bond acceptors (Lipinski definition) is 5. The van der Waals surface area contributed by atoms with Crippen molar-refractivity contribution in [2.75, 3.05) is 20.1 Å². The summed E-state index contributed by atoms with van der Waals surface area (Å²) >= 11 is 0. The number of para-hydroxylation sites is 1. The molecular formula is C21H29N7O. The van der Waals surface area contributed by atoms with Crippen molar-refractivity contribution in [2.45, 2.75) is 39.7 Å². The van der Waals surface area contributed by atoms with Crippen LogP contribution in [-0.2, 0) is 13.0 Å². The van der Waals surface area contributed by atoms with E-state index in [1.807, 2.05) is 68.3 Å². The lowest BCUT2D eigenvalue weighted by Crippen LogP contribution is -2.38. The lowest BCUT2D eigenvalue weighted by molar-refractivity contribution is 0.372. The molecule has 0 aliphatic rings. The van der Waals surface area contributed by atoms with E-state index in [1.165, 1.54) is 0 Å². The third-order valence-electron chi connectivity index (χ3n) is 4.36. The number of nitrogens with one attached hydrogen (secondary N) is 1. The lowest BCUT2D eigenvalue weighted by Gasteiger charge is -2.21. The Morgan fingerprint density at radius 1 is 1.28 bits per heavy atom. The van der Waals surface area contributed by atoms with Gasteiger partial charge < -0.3 is 14.7 Å². The van der Waals surface area contributed by atoms with E-state index in [9.17, 15) is 0 Å². The molecule has 1 aromatic carbocycles. The van der Waals surface area contributed by atoms with Gasteiger partial charge in [0.05, 0.1) is 18.4 Å². The van der Waals surface area contributed by atoms with E-state index < -0.39 is 0 Å². The summed E-state index contributed by atoms with van der Waals surface area (Å²) in [6, 6.07) is 10.1. The maximum absolute atomic E-state index is 5.29. The van der Waals surface area contributed by atoms with Crippen molar-refractivity contribution in [3.8, 4) is 5.69 Å². The van der Waals surface area contributed by atoms with Gasteiger partial charge in [-0.05, 0) is 19.1 Å². The van der Waals surface area contributed by atoms with Gasteiger partial charge in [0.2, 0.25) is 5.89 Å². The number of benzene rings is 1. The molecule has 8 nitrogen and oxygen atoms in total. The Morgan fingerprint density at radius 2 is 2.07 bits per heavy atom. The molecular weight excluding hydrogens is 366 g/mol. The first kappa shape index (κ1) is 20.6. The molecule has 0 aliphatic carbocycles. The fourth-order valence-corrected chi connectivity index (χ4v) is 2.84. The topological polar surface area (TPSA) is 84.4 Å². The van der Waals surface area contributed by atoms with Gasteiger partial charge in [-0.2, -0.15) is 10.1 Å². The zero-order valence-electron chi connectivity index (χ0n) is 17.5. The van der Waals surface area contributed by atoms with Gasteiger partial charge in [0.15, 0.2) is 11.8 Å². The number of guanidine groups is 1. The Balaban J connectivity index is 1.60. The highest BCUT2D eigenvalue weighted by molar-refractivity contribution is 5.79. The molecule has 3 aromatic rings. The number of nitrogens with zero attached hydrogens (tertiary/aromatic N) is 6. The van der Waals surface area contributed by atoms with E-state index in [-0.39, 0.29) is 5.92 Å². The fourth-order valence-electron chi connectivity index (χ4n) is 2.84. The average Bonchev–Trinajstić information content (AvgIpc) is 3.38. The number of rotatable bonds is 8. The molecule has 0 atom stereocenters. The second-order valence-corrected chi connectivity index (χ2v) is 7.17. The molecule has 0 bridgehead atoms. The molecule has 0 unspecified atom stereocenters. The van der Waals surface area contributed by atoms with Crippen molar-refractivity contribution in [1.82, 2.24) is 30.1 Å². The van der Waals surface area contributed by atoms with Crippen LogP contribution in [0.4, 0.5) is 0 Å². The zero-order chi connectivity index (χ0) is 20.6. The standard InChI is InChI=1S/C21H29N7O/c1-5-22-21(23-12-11-19-25-20(16(2)3)26-29-19)27(4)14-17-13-24-28(15-17)18-9-7-6-8-10-18/h6-10,13,15-16H,5,11-12,14H2,1-4H3,(H,22,23). The Hall–Kier alpha value is -3.16. The van der Waals surface area contributed by atoms with Gasteiger partial charge >= 0.3 is 0 Å². The summed E-state index contributed by atoms with van der Waals surface area (Å²) in [5.74, 6) is 2.46. The largest absolute Gasteiger partial charge is 0.357 e. The minimum atomic E-state index is 0.260. The van der Waals surface area contributed by atoms with E-state index in [2.05, 4.69) is 32.4 Å². The van der Waals surface area contributed by atoms with Crippen LogP contribution in [0.15, 0.2) is 52.2 Å². The molecule has 8 heteroatoms. The first-order chi connectivity index (χ1) is 14.1. The van der Waals surface area contributed by atoms with Crippen LogP contribution >= 0.6 is 0 Å². The van der Waals surface area contributed by atoms with Gasteiger partial charge in [0.1, 0.15) is 0 Å². The van der Waals surface area contributed by atoms with Crippen molar-refractivity contribution in [3.63, 3.8) is 0 Å². The molecule has 2 heterocycles. The van der Waals surface area contributed by atoms with Crippen LogP contribution in [0.25, 0.3) is 5.69 Å². The highest BCUT2D eigenvalue weighted by Crippen LogP contribution is 2.11. The fraction of sp³-hybridized carbons (Fsp3) is 0.429. The van der Waals surface area contributed by atoms with Gasteiger partial charge in [0, 0.05) is 44.2 Å². The van der Waals surface area contributed by atoms with E-state index in [0.29, 0.717) is 25.4 Å². The van der Waals surface area contributed by atoms with Gasteiger partial charge in [0.25, 0.3) is 0 Å². The van der Waals surface area contributed by atoms with Crippen LogP contribution in [0.3, 0.4) is 0 Å². The predicted octanol–water partition coefficient (Wildman–Crippen LogP) is 3.02. The molecule has 2 aromatic heterocycles. The van der Waals surface area contributed by atoms with Crippen LogP contribution in [0, 0.1) is 0 Å². The zero-order valence-corrected chi connectivity index (χ0v) is 17.5. The smallest absolute Gasteiger partial charge is 0.228 e. The molecule has 0 fully saturated rings. The Labute approximate surface area is 171 Å². The Bertz CT molecular complexity index is 914. The molecule has 0 spiro atoms. The number of hydrogen-bond donors (Lipinski definition) is 1. The quantitative estimate of drug-likeness (QED) is 0.466. The van der Waals surface area contributed by atoms with Crippen molar-refractivity contribution in [2.24, 2.45) is 4.99 Å². The van der Waals surface area contributed by atoms with Gasteiger partial charge in [-0.15, -0.1) is 0 Å². The first-order valence-corrected chi connectivity index (χ1v) is 9.97. The van der Waals surface area contributed by atoms with E-state index in [1.54, 1.807) is 0 Å². The van der Waals surface area contributed by atoms with Crippen LogP contribution in [-0.4, -0.2) is 50.9 Å². The van der Waals surface area contributed by atoms with Gasteiger partial charge in [-0.25, -0.2) is 4.68 Å².